The molecule has 0 atom stereocenters. The van der Waals surface area contributed by atoms with Crippen LogP contribution in [-0.4, -0.2) is 10.6 Å². The van der Waals surface area contributed by atoms with Gasteiger partial charge in [0.05, 0.1) is 12.8 Å². The van der Waals surface area contributed by atoms with Crippen molar-refractivity contribution in [3.8, 4) is 0 Å². The molecule has 0 spiro atoms. The molecule has 0 unspecified atom stereocenters. The number of aromatic nitrogens is 1. The minimum Gasteiger partial charge on any atom is -0.467 e. The zero-order valence-corrected chi connectivity index (χ0v) is 11.7. The topological polar surface area (TPSA) is 30.1 Å². The van der Waals surface area contributed by atoms with E-state index >= 15 is 0 Å². The van der Waals surface area contributed by atoms with Crippen LogP contribution < -0.4 is 5.32 Å². The average Bonchev–Trinajstić information content (AvgIpc) is 2.90. The van der Waals surface area contributed by atoms with Gasteiger partial charge in [0.15, 0.2) is 0 Å². The van der Waals surface area contributed by atoms with Crippen molar-refractivity contribution < 1.29 is 4.42 Å². The van der Waals surface area contributed by atoms with E-state index in [-0.39, 0.29) is 0 Å². The first kappa shape index (κ1) is 13.0. The van der Waals surface area contributed by atoms with Gasteiger partial charge in [-0.3, -0.25) is 0 Å². The maximum absolute atomic E-state index is 5.42. The summed E-state index contributed by atoms with van der Waals surface area (Å²) < 4.78 is 7.72. The van der Waals surface area contributed by atoms with E-state index in [9.17, 15) is 0 Å². The Balaban J connectivity index is 2.16. The Hall–Kier alpha value is -1.48. The molecule has 0 aliphatic heterocycles. The Morgan fingerprint density at radius 2 is 2.11 bits per heavy atom. The molecule has 1 N–H and O–H groups in total. The van der Waals surface area contributed by atoms with Crippen molar-refractivity contribution >= 4 is 0 Å². The second-order valence-electron chi connectivity index (χ2n) is 5.10. The monoisotopic (exact) mass is 246 g/mol. The highest BCUT2D eigenvalue weighted by atomic mass is 16.3. The molecule has 2 aromatic heterocycles. The van der Waals surface area contributed by atoms with Crippen molar-refractivity contribution in [1.29, 1.82) is 0 Å². The Labute approximate surface area is 109 Å². The van der Waals surface area contributed by atoms with E-state index in [2.05, 4.69) is 43.6 Å². The van der Waals surface area contributed by atoms with Gasteiger partial charge in [0, 0.05) is 24.0 Å². The molecule has 0 saturated carbocycles. The lowest BCUT2D eigenvalue weighted by Gasteiger charge is -2.10. The summed E-state index contributed by atoms with van der Waals surface area (Å²) in [6.45, 7) is 10.4. The summed E-state index contributed by atoms with van der Waals surface area (Å²) in [5.41, 5.74) is 3.97. The molecule has 0 fully saturated rings. The summed E-state index contributed by atoms with van der Waals surface area (Å²) in [4.78, 5) is 0. The Morgan fingerprint density at radius 1 is 1.33 bits per heavy atom. The molecule has 0 bridgehead atoms. The SMILES string of the molecule is Cc1cc(CNC(C)C)c(C)n1Cc1ccco1. The van der Waals surface area contributed by atoms with E-state index in [1.54, 1.807) is 6.26 Å². The predicted molar refractivity (Wildman–Crippen MR) is 73.7 cm³/mol. The molecule has 0 saturated heterocycles. The first-order valence-electron chi connectivity index (χ1n) is 6.49. The number of hydrogen-bond donors (Lipinski definition) is 1. The number of nitrogens with zero attached hydrogens (tertiary/aromatic N) is 1. The minimum atomic E-state index is 0.512. The smallest absolute Gasteiger partial charge is 0.123 e. The Morgan fingerprint density at radius 3 is 2.72 bits per heavy atom. The van der Waals surface area contributed by atoms with Crippen LogP contribution >= 0.6 is 0 Å². The Bertz CT molecular complexity index is 495. The average molecular weight is 246 g/mol. The van der Waals surface area contributed by atoms with E-state index < -0.39 is 0 Å². The van der Waals surface area contributed by atoms with Crippen LogP contribution in [0.25, 0.3) is 0 Å². The van der Waals surface area contributed by atoms with Crippen LogP contribution in [0.4, 0.5) is 0 Å². The predicted octanol–water partition coefficient (Wildman–Crippen LogP) is 3.24. The highest BCUT2D eigenvalue weighted by molar-refractivity contribution is 5.27. The quantitative estimate of drug-likeness (QED) is 0.877. The third-order valence-corrected chi connectivity index (χ3v) is 3.27. The normalized spacial score (nSPS) is 11.4. The van der Waals surface area contributed by atoms with Crippen molar-refractivity contribution in [3.05, 3.63) is 47.2 Å². The lowest BCUT2D eigenvalue weighted by Crippen LogP contribution is -2.22. The van der Waals surface area contributed by atoms with Gasteiger partial charge in [-0.25, -0.2) is 0 Å². The van der Waals surface area contributed by atoms with Gasteiger partial charge in [-0.05, 0) is 37.6 Å². The zero-order valence-electron chi connectivity index (χ0n) is 11.7. The fourth-order valence-electron chi connectivity index (χ4n) is 2.17. The van der Waals surface area contributed by atoms with E-state index in [1.165, 1.54) is 17.0 Å². The number of furan rings is 1. The zero-order chi connectivity index (χ0) is 13.1. The van der Waals surface area contributed by atoms with Crippen LogP contribution in [0.1, 0.15) is 36.6 Å². The van der Waals surface area contributed by atoms with Gasteiger partial charge in [-0.1, -0.05) is 13.8 Å². The van der Waals surface area contributed by atoms with Crippen molar-refractivity contribution in [1.82, 2.24) is 9.88 Å². The molecule has 3 nitrogen and oxygen atoms in total. The lowest BCUT2D eigenvalue weighted by molar-refractivity contribution is 0.488. The lowest BCUT2D eigenvalue weighted by atomic mass is 10.2. The summed E-state index contributed by atoms with van der Waals surface area (Å²) in [7, 11) is 0. The molecule has 2 rings (SSSR count). The van der Waals surface area contributed by atoms with Gasteiger partial charge in [0.1, 0.15) is 5.76 Å². The van der Waals surface area contributed by atoms with Crippen LogP contribution in [0, 0.1) is 13.8 Å². The number of hydrogen-bond acceptors (Lipinski definition) is 2. The second-order valence-corrected chi connectivity index (χ2v) is 5.10. The maximum Gasteiger partial charge on any atom is 0.123 e. The molecule has 98 valence electrons. The molecule has 0 amide bonds. The molecule has 0 radical (unpaired) electrons. The van der Waals surface area contributed by atoms with Crippen molar-refractivity contribution in [3.63, 3.8) is 0 Å². The van der Waals surface area contributed by atoms with Crippen LogP contribution in [0.5, 0.6) is 0 Å². The first-order chi connectivity index (χ1) is 8.58. The highest BCUT2D eigenvalue weighted by Gasteiger charge is 2.10. The number of nitrogens with one attached hydrogen (secondary N) is 1. The molecule has 3 heteroatoms. The van der Waals surface area contributed by atoms with Gasteiger partial charge < -0.3 is 14.3 Å². The largest absolute Gasteiger partial charge is 0.467 e. The van der Waals surface area contributed by atoms with Crippen LogP contribution in [-0.2, 0) is 13.1 Å². The molecule has 0 aliphatic carbocycles. The number of rotatable bonds is 5. The molecule has 0 aromatic carbocycles. The van der Waals surface area contributed by atoms with Crippen LogP contribution in [0.15, 0.2) is 28.9 Å². The van der Waals surface area contributed by atoms with Crippen molar-refractivity contribution in [2.24, 2.45) is 0 Å². The van der Waals surface area contributed by atoms with Gasteiger partial charge >= 0.3 is 0 Å². The fraction of sp³-hybridized carbons (Fsp3) is 0.467. The van der Waals surface area contributed by atoms with E-state index in [0.29, 0.717) is 6.04 Å². The van der Waals surface area contributed by atoms with E-state index in [0.717, 1.165) is 18.8 Å². The fourth-order valence-corrected chi connectivity index (χ4v) is 2.17. The Kier molecular flexibility index (Phi) is 3.92. The van der Waals surface area contributed by atoms with Crippen LogP contribution in [0.2, 0.25) is 0 Å². The number of aryl methyl sites for hydroxylation is 1. The summed E-state index contributed by atoms with van der Waals surface area (Å²) in [5.74, 6) is 1.00. The molecule has 18 heavy (non-hydrogen) atoms. The summed E-state index contributed by atoms with van der Waals surface area (Å²) in [5, 5.41) is 3.47. The summed E-state index contributed by atoms with van der Waals surface area (Å²) in [6.07, 6.45) is 1.73. The summed E-state index contributed by atoms with van der Waals surface area (Å²) in [6, 6.07) is 6.72. The molecule has 2 aromatic rings. The van der Waals surface area contributed by atoms with Gasteiger partial charge in [-0.2, -0.15) is 0 Å². The van der Waals surface area contributed by atoms with E-state index in [4.69, 9.17) is 4.42 Å². The third kappa shape index (κ3) is 2.85. The standard InChI is InChI=1S/C15H22N2O/c1-11(2)16-9-14-8-12(3)17(13(14)4)10-15-6-5-7-18-15/h5-8,11,16H,9-10H2,1-4H3. The molecular formula is C15H22N2O. The van der Waals surface area contributed by atoms with Gasteiger partial charge in [0.25, 0.3) is 0 Å². The molecular weight excluding hydrogens is 224 g/mol. The third-order valence-electron chi connectivity index (χ3n) is 3.27. The molecule has 2 heterocycles. The van der Waals surface area contributed by atoms with E-state index in [1.807, 2.05) is 12.1 Å². The van der Waals surface area contributed by atoms with Crippen LogP contribution in [0.3, 0.4) is 0 Å². The first-order valence-corrected chi connectivity index (χ1v) is 6.49. The van der Waals surface area contributed by atoms with Gasteiger partial charge in [-0.15, -0.1) is 0 Å². The van der Waals surface area contributed by atoms with Crippen molar-refractivity contribution in [2.45, 2.75) is 46.8 Å². The van der Waals surface area contributed by atoms with Crippen molar-refractivity contribution in [2.75, 3.05) is 0 Å². The highest BCUT2D eigenvalue weighted by Crippen LogP contribution is 2.17. The summed E-state index contributed by atoms with van der Waals surface area (Å²) >= 11 is 0. The second kappa shape index (κ2) is 5.44. The molecule has 0 aliphatic rings. The van der Waals surface area contributed by atoms with Gasteiger partial charge in [0.2, 0.25) is 0 Å². The minimum absolute atomic E-state index is 0.512. The maximum atomic E-state index is 5.42.